The van der Waals surface area contributed by atoms with Crippen molar-refractivity contribution in [3.8, 4) is 5.75 Å². The van der Waals surface area contributed by atoms with Gasteiger partial charge in [0, 0.05) is 24.3 Å². The monoisotopic (exact) mass is 374 g/mol. The predicted molar refractivity (Wildman–Crippen MR) is 106 cm³/mol. The second-order valence-electron chi connectivity index (χ2n) is 5.84. The molecule has 0 aliphatic rings. The molecule has 4 nitrogen and oxygen atoms in total. The lowest BCUT2D eigenvalue weighted by Gasteiger charge is -2.23. The standard InChI is InChI=1S/C20H23FN2O2S/c1-3-12-23(13-4-2)20(26)25-18-7-5-6-15(14-18)19(24)22-17-10-8-16(21)9-11-17/h5-11,14H,3-4,12-13H2,1-2H3,(H,22,24). The van der Waals surface area contributed by atoms with Crippen LogP contribution in [0, 0.1) is 5.82 Å². The van der Waals surface area contributed by atoms with Crippen molar-refractivity contribution in [2.75, 3.05) is 18.4 Å². The number of carbonyl (C=O) groups is 1. The number of hydrogen-bond donors (Lipinski definition) is 1. The summed E-state index contributed by atoms with van der Waals surface area (Å²) in [6.07, 6.45) is 1.95. The highest BCUT2D eigenvalue weighted by atomic mass is 32.1. The zero-order valence-electron chi connectivity index (χ0n) is 15.0. The fraction of sp³-hybridized carbons (Fsp3) is 0.300. The number of ether oxygens (including phenoxy) is 1. The molecule has 0 aliphatic carbocycles. The van der Waals surface area contributed by atoms with Gasteiger partial charge in [-0.15, -0.1) is 0 Å². The van der Waals surface area contributed by atoms with Gasteiger partial charge in [-0.2, -0.15) is 0 Å². The molecule has 0 fully saturated rings. The number of carbonyl (C=O) groups excluding carboxylic acids is 1. The summed E-state index contributed by atoms with van der Waals surface area (Å²) in [5.74, 6) is -0.137. The van der Waals surface area contributed by atoms with E-state index in [1.807, 2.05) is 4.90 Å². The molecule has 6 heteroatoms. The molecule has 0 spiro atoms. The molecule has 0 aromatic heterocycles. The fourth-order valence-corrected chi connectivity index (χ4v) is 2.72. The summed E-state index contributed by atoms with van der Waals surface area (Å²) in [4.78, 5) is 14.4. The van der Waals surface area contributed by atoms with E-state index in [1.54, 1.807) is 24.3 Å². The molecule has 1 N–H and O–H groups in total. The Kier molecular flexibility index (Phi) is 7.53. The lowest BCUT2D eigenvalue weighted by molar-refractivity contribution is 0.102. The minimum absolute atomic E-state index is 0.299. The molecule has 0 saturated heterocycles. The van der Waals surface area contributed by atoms with Gasteiger partial charge in [0.25, 0.3) is 11.1 Å². The molecule has 0 radical (unpaired) electrons. The van der Waals surface area contributed by atoms with E-state index in [2.05, 4.69) is 19.2 Å². The minimum Gasteiger partial charge on any atom is -0.432 e. The molecule has 2 aromatic carbocycles. The molecule has 1 amide bonds. The van der Waals surface area contributed by atoms with E-state index in [-0.39, 0.29) is 11.7 Å². The van der Waals surface area contributed by atoms with Crippen LogP contribution in [0.25, 0.3) is 0 Å². The van der Waals surface area contributed by atoms with Crippen molar-refractivity contribution in [3.05, 3.63) is 59.9 Å². The maximum atomic E-state index is 13.0. The molecule has 2 rings (SSSR count). The van der Waals surface area contributed by atoms with Crippen LogP contribution in [0.1, 0.15) is 37.0 Å². The van der Waals surface area contributed by atoms with E-state index < -0.39 is 0 Å². The summed E-state index contributed by atoms with van der Waals surface area (Å²) in [5, 5.41) is 3.13. The van der Waals surface area contributed by atoms with Gasteiger partial charge in [0.1, 0.15) is 11.6 Å². The number of anilines is 1. The zero-order chi connectivity index (χ0) is 18.9. The third-order valence-corrected chi connectivity index (χ3v) is 3.99. The van der Waals surface area contributed by atoms with Crippen molar-refractivity contribution in [1.82, 2.24) is 4.90 Å². The largest absolute Gasteiger partial charge is 0.432 e. The highest BCUT2D eigenvalue weighted by Gasteiger charge is 2.12. The Morgan fingerprint density at radius 3 is 2.38 bits per heavy atom. The van der Waals surface area contributed by atoms with E-state index >= 15 is 0 Å². The molecule has 138 valence electrons. The number of benzene rings is 2. The average Bonchev–Trinajstić information content (AvgIpc) is 2.63. The van der Waals surface area contributed by atoms with Gasteiger partial charge in [-0.3, -0.25) is 4.79 Å². The molecule has 0 saturated carbocycles. The summed E-state index contributed by atoms with van der Waals surface area (Å²) in [6.45, 7) is 5.84. The van der Waals surface area contributed by atoms with Gasteiger partial charge >= 0.3 is 0 Å². The summed E-state index contributed by atoms with van der Waals surface area (Å²) in [6, 6.07) is 12.4. The SMILES string of the molecule is CCCN(CCC)C(=S)Oc1cccc(C(=O)Nc2ccc(F)cc2)c1. The van der Waals surface area contributed by atoms with E-state index in [4.69, 9.17) is 17.0 Å². The normalized spacial score (nSPS) is 10.3. The quantitative estimate of drug-likeness (QED) is 0.703. The second kappa shape index (κ2) is 9.87. The number of halogens is 1. The fourth-order valence-electron chi connectivity index (χ4n) is 2.44. The Hall–Kier alpha value is -2.47. The summed E-state index contributed by atoms with van der Waals surface area (Å²) < 4.78 is 18.7. The highest BCUT2D eigenvalue weighted by Crippen LogP contribution is 2.17. The third kappa shape index (κ3) is 5.81. The van der Waals surface area contributed by atoms with Crippen molar-refractivity contribution in [2.45, 2.75) is 26.7 Å². The first kappa shape index (κ1) is 19.8. The highest BCUT2D eigenvalue weighted by molar-refractivity contribution is 7.80. The number of nitrogens with one attached hydrogen (secondary N) is 1. The van der Waals surface area contributed by atoms with E-state index in [1.165, 1.54) is 24.3 Å². The van der Waals surface area contributed by atoms with E-state index in [0.717, 1.165) is 25.9 Å². The number of hydrogen-bond acceptors (Lipinski definition) is 3. The molecule has 0 atom stereocenters. The lowest BCUT2D eigenvalue weighted by atomic mass is 10.2. The summed E-state index contributed by atoms with van der Waals surface area (Å²) in [7, 11) is 0. The topological polar surface area (TPSA) is 41.6 Å². The Labute approximate surface area is 159 Å². The number of nitrogens with zero attached hydrogens (tertiary/aromatic N) is 1. The van der Waals surface area contributed by atoms with Crippen molar-refractivity contribution >= 4 is 29.0 Å². The molecule has 0 bridgehead atoms. The van der Waals surface area contributed by atoms with Crippen LogP contribution in [0.15, 0.2) is 48.5 Å². The zero-order valence-corrected chi connectivity index (χ0v) is 15.8. The van der Waals surface area contributed by atoms with Crippen molar-refractivity contribution in [1.29, 1.82) is 0 Å². The Balaban J connectivity index is 2.05. The van der Waals surface area contributed by atoms with Crippen LogP contribution >= 0.6 is 12.2 Å². The third-order valence-electron chi connectivity index (χ3n) is 3.65. The van der Waals surface area contributed by atoms with Crippen LogP contribution in [0.5, 0.6) is 5.75 Å². The van der Waals surface area contributed by atoms with Crippen LogP contribution in [0.2, 0.25) is 0 Å². The van der Waals surface area contributed by atoms with Crippen LogP contribution in [0.3, 0.4) is 0 Å². The average molecular weight is 374 g/mol. The maximum absolute atomic E-state index is 13.0. The number of amides is 1. The second-order valence-corrected chi connectivity index (χ2v) is 6.19. The van der Waals surface area contributed by atoms with Gasteiger partial charge in [0.15, 0.2) is 0 Å². The minimum atomic E-state index is -0.351. The number of thiocarbonyl (C=S) groups is 1. The molecule has 2 aromatic rings. The van der Waals surface area contributed by atoms with E-state index in [9.17, 15) is 9.18 Å². The molecular weight excluding hydrogens is 351 g/mol. The van der Waals surface area contributed by atoms with Crippen molar-refractivity contribution in [3.63, 3.8) is 0 Å². The molecular formula is C20H23FN2O2S. The Morgan fingerprint density at radius 2 is 1.77 bits per heavy atom. The Morgan fingerprint density at radius 1 is 1.12 bits per heavy atom. The number of rotatable bonds is 7. The van der Waals surface area contributed by atoms with Gasteiger partial charge in [-0.1, -0.05) is 19.9 Å². The van der Waals surface area contributed by atoms with Crippen molar-refractivity contribution in [2.24, 2.45) is 0 Å². The molecule has 0 aliphatic heterocycles. The first-order valence-electron chi connectivity index (χ1n) is 8.67. The van der Waals surface area contributed by atoms with Gasteiger partial charge in [-0.25, -0.2) is 4.39 Å². The van der Waals surface area contributed by atoms with Gasteiger partial charge in [-0.05, 0) is 67.5 Å². The van der Waals surface area contributed by atoms with Gasteiger partial charge in [0.2, 0.25) is 0 Å². The Bertz CT molecular complexity index is 744. The molecule has 0 unspecified atom stereocenters. The van der Waals surface area contributed by atoms with Gasteiger partial charge in [0.05, 0.1) is 0 Å². The van der Waals surface area contributed by atoms with Crippen LogP contribution in [-0.4, -0.2) is 29.1 Å². The van der Waals surface area contributed by atoms with Crippen molar-refractivity contribution < 1.29 is 13.9 Å². The van der Waals surface area contributed by atoms with Crippen LogP contribution < -0.4 is 10.1 Å². The summed E-state index contributed by atoms with van der Waals surface area (Å²) >= 11 is 5.38. The van der Waals surface area contributed by atoms with Crippen LogP contribution in [-0.2, 0) is 0 Å². The van der Waals surface area contributed by atoms with E-state index in [0.29, 0.717) is 22.2 Å². The first-order chi connectivity index (χ1) is 12.5. The molecule has 0 heterocycles. The van der Waals surface area contributed by atoms with Gasteiger partial charge < -0.3 is 15.0 Å². The van der Waals surface area contributed by atoms with Crippen LogP contribution in [0.4, 0.5) is 10.1 Å². The predicted octanol–water partition coefficient (Wildman–Crippen LogP) is 4.86. The lowest BCUT2D eigenvalue weighted by Crippen LogP contribution is -2.34. The summed E-state index contributed by atoms with van der Waals surface area (Å²) in [5.41, 5.74) is 0.961. The maximum Gasteiger partial charge on any atom is 0.264 e. The first-order valence-corrected chi connectivity index (χ1v) is 9.08. The molecule has 26 heavy (non-hydrogen) atoms. The smallest absolute Gasteiger partial charge is 0.264 e.